The van der Waals surface area contributed by atoms with Crippen molar-refractivity contribution in [2.24, 2.45) is 11.1 Å². The fourth-order valence-electron chi connectivity index (χ4n) is 4.94. The van der Waals surface area contributed by atoms with Crippen LogP contribution in [0.1, 0.15) is 83.6 Å². The van der Waals surface area contributed by atoms with Crippen LogP contribution in [-0.4, -0.2) is 35.6 Å². The van der Waals surface area contributed by atoms with Gasteiger partial charge in [-0.25, -0.2) is 0 Å². The van der Waals surface area contributed by atoms with Crippen molar-refractivity contribution in [3.8, 4) is 6.07 Å². The van der Waals surface area contributed by atoms with Crippen LogP contribution in [0.5, 0.6) is 0 Å². The number of rotatable bonds is 8. The number of ketones is 2. The molecule has 0 heterocycles. The molecule has 3 unspecified atom stereocenters. The smallest absolute Gasteiger partial charge is 0.164 e. The Bertz CT molecular complexity index is 882. The first-order chi connectivity index (χ1) is 14.2. The number of benzene rings is 1. The Balaban J connectivity index is 2.43. The lowest BCUT2D eigenvalue weighted by Gasteiger charge is -2.34. The molecule has 0 aliphatic heterocycles. The lowest BCUT2D eigenvalue weighted by atomic mass is 9.70. The molecule has 1 fully saturated rings. The van der Waals surface area contributed by atoms with Crippen LogP contribution in [0.4, 0.5) is 0 Å². The Morgan fingerprint density at radius 3 is 2.57 bits per heavy atom. The van der Waals surface area contributed by atoms with E-state index >= 15 is 0 Å². The fourth-order valence-corrected chi connectivity index (χ4v) is 4.94. The summed E-state index contributed by atoms with van der Waals surface area (Å²) in [5, 5.41) is 23.6. The van der Waals surface area contributed by atoms with Gasteiger partial charge in [0.15, 0.2) is 11.6 Å². The van der Waals surface area contributed by atoms with E-state index in [1.54, 1.807) is 13.1 Å². The summed E-state index contributed by atoms with van der Waals surface area (Å²) in [5.74, 6) is -0.459. The number of nitrogens with zero attached hydrogens (tertiary/aromatic N) is 2. The number of hydrogen-bond acceptors (Lipinski definition) is 6. The predicted molar refractivity (Wildman–Crippen MR) is 116 cm³/mol. The van der Waals surface area contributed by atoms with E-state index in [9.17, 15) is 20.0 Å². The first kappa shape index (κ1) is 23.8. The predicted octanol–water partition coefficient (Wildman–Crippen LogP) is 4.11. The standard InChI is InChI=1S/C24H32N2O4/c1-6-30-26-11-7-8-18-12-19(13-21(28)24(18)29)23-15(3)20(9-10-25)14(2)22(16(23)4)17(5)27/h11,18-19,21,28H,6-9,12-13H2,1-5H3. The molecule has 0 amide bonds. The molecule has 0 saturated heterocycles. The van der Waals surface area contributed by atoms with E-state index in [2.05, 4.69) is 11.2 Å². The Labute approximate surface area is 178 Å². The van der Waals surface area contributed by atoms with Gasteiger partial charge in [-0.1, -0.05) is 5.16 Å². The van der Waals surface area contributed by atoms with Gasteiger partial charge in [-0.2, -0.15) is 5.26 Å². The summed E-state index contributed by atoms with van der Waals surface area (Å²) < 4.78 is 0. The van der Waals surface area contributed by atoms with Crippen LogP contribution in [-0.2, 0) is 16.1 Å². The minimum absolute atomic E-state index is 0.0263. The van der Waals surface area contributed by atoms with Gasteiger partial charge in [0.1, 0.15) is 12.7 Å². The van der Waals surface area contributed by atoms with Crippen molar-refractivity contribution in [3.05, 3.63) is 33.4 Å². The normalized spacial score (nSPS) is 21.6. The van der Waals surface area contributed by atoms with Crippen LogP contribution in [0.25, 0.3) is 0 Å². The first-order valence-corrected chi connectivity index (χ1v) is 10.6. The third kappa shape index (κ3) is 4.96. The van der Waals surface area contributed by atoms with Gasteiger partial charge in [-0.05, 0) is 94.0 Å². The van der Waals surface area contributed by atoms with E-state index < -0.39 is 6.10 Å². The van der Waals surface area contributed by atoms with Gasteiger partial charge in [0.05, 0.1) is 12.5 Å². The Morgan fingerprint density at radius 1 is 1.27 bits per heavy atom. The quantitative estimate of drug-likeness (QED) is 0.393. The molecule has 162 valence electrons. The summed E-state index contributed by atoms with van der Waals surface area (Å²) in [6, 6.07) is 2.21. The molecule has 2 rings (SSSR count). The zero-order chi connectivity index (χ0) is 22.4. The maximum Gasteiger partial charge on any atom is 0.164 e. The van der Waals surface area contributed by atoms with Gasteiger partial charge < -0.3 is 9.94 Å². The molecule has 1 saturated carbocycles. The lowest BCUT2D eigenvalue weighted by Crippen LogP contribution is -2.36. The van der Waals surface area contributed by atoms with Crippen LogP contribution in [0.2, 0.25) is 0 Å². The lowest BCUT2D eigenvalue weighted by molar-refractivity contribution is -0.134. The molecule has 1 aliphatic carbocycles. The summed E-state index contributed by atoms with van der Waals surface area (Å²) in [6.45, 7) is 9.71. The summed E-state index contributed by atoms with van der Waals surface area (Å²) >= 11 is 0. The summed E-state index contributed by atoms with van der Waals surface area (Å²) in [7, 11) is 0. The molecular formula is C24H32N2O4. The number of Topliss-reactive ketones (excluding diaryl/α,β-unsaturated/α-hetero) is 2. The van der Waals surface area contributed by atoms with Gasteiger partial charge in [0.25, 0.3) is 0 Å². The summed E-state index contributed by atoms with van der Waals surface area (Å²) in [5.41, 5.74) is 5.32. The van der Waals surface area contributed by atoms with Crippen molar-refractivity contribution in [3.63, 3.8) is 0 Å². The zero-order valence-electron chi connectivity index (χ0n) is 18.6. The van der Waals surface area contributed by atoms with Gasteiger partial charge in [-0.3, -0.25) is 9.59 Å². The second kappa shape index (κ2) is 10.5. The second-order valence-corrected chi connectivity index (χ2v) is 8.10. The van der Waals surface area contributed by atoms with Crippen LogP contribution in [0.15, 0.2) is 5.16 Å². The number of nitriles is 1. The highest BCUT2D eigenvalue weighted by molar-refractivity contribution is 5.98. The van der Waals surface area contributed by atoms with E-state index in [0.29, 0.717) is 37.9 Å². The molecule has 1 aliphatic rings. The van der Waals surface area contributed by atoms with Crippen molar-refractivity contribution in [1.82, 2.24) is 0 Å². The number of carbonyl (C=O) groups is 2. The highest BCUT2D eigenvalue weighted by Crippen LogP contribution is 2.42. The zero-order valence-corrected chi connectivity index (χ0v) is 18.6. The van der Waals surface area contributed by atoms with Crippen molar-refractivity contribution in [2.45, 2.75) is 78.7 Å². The SMILES string of the molecule is CCON=CCCC1CC(c2c(C)c(CC#N)c(C)c(C(C)=O)c2C)CC(O)C1=O. The molecule has 0 bridgehead atoms. The van der Waals surface area contributed by atoms with Crippen molar-refractivity contribution >= 4 is 17.8 Å². The van der Waals surface area contributed by atoms with E-state index in [-0.39, 0.29) is 29.8 Å². The maximum absolute atomic E-state index is 12.6. The Kier molecular flexibility index (Phi) is 8.31. The van der Waals surface area contributed by atoms with Crippen LogP contribution in [0, 0.1) is 38.0 Å². The summed E-state index contributed by atoms with van der Waals surface area (Å²) in [4.78, 5) is 29.9. The summed E-state index contributed by atoms with van der Waals surface area (Å²) in [6.07, 6.45) is 3.03. The third-order valence-corrected chi connectivity index (χ3v) is 6.21. The van der Waals surface area contributed by atoms with Gasteiger partial charge in [-0.15, -0.1) is 0 Å². The number of aliphatic hydroxyl groups is 1. The molecule has 6 heteroatoms. The number of oxime groups is 1. The van der Waals surface area contributed by atoms with Crippen molar-refractivity contribution in [1.29, 1.82) is 5.26 Å². The minimum Gasteiger partial charge on any atom is -0.396 e. The average Bonchev–Trinajstić information content (AvgIpc) is 2.68. The molecule has 1 aromatic carbocycles. The molecule has 1 aromatic rings. The third-order valence-electron chi connectivity index (χ3n) is 6.21. The number of carbonyl (C=O) groups excluding carboxylic acids is 2. The first-order valence-electron chi connectivity index (χ1n) is 10.6. The number of hydrogen-bond donors (Lipinski definition) is 1. The van der Waals surface area contributed by atoms with Crippen molar-refractivity contribution < 1.29 is 19.5 Å². The Hall–Kier alpha value is -2.52. The van der Waals surface area contributed by atoms with E-state index in [1.807, 2.05) is 27.7 Å². The highest BCUT2D eigenvalue weighted by Gasteiger charge is 2.37. The van der Waals surface area contributed by atoms with Crippen LogP contribution >= 0.6 is 0 Å². The molecule has 30 heavy (non-hydrogen) atoms. The minimum atomic E-state index is -1.02. The topological polar surface area (TPSA) is 99.8 Å². The average molecular weight is 413 g/mol. The molecule has 6 nitrogen and oxygen atoms in total. The molecule has 0 radical (unpaired) electrons. The Morgan fingerprint density at radius 2 is 1.97 bits per heavy atom. The van der Waals surface area contributed by atoms with Gasteiger partial charge in [0.2, 0.25) is 0 Å². The van der Waals surface area contributed by atoms with Crippen molar-refractivity contribution in [2.75, 3.05) is 6.61 Å². The molecule has 1 N–H and O–H groups in total. The van der Waals surface area contributed by atoms with Gasteiger partial charge in [0, 0.05) is 17.7 Å². The fraction of sp³-hybridized carbons (Fsp3) is 0.583. The van der Waals surface area contributed by atoms with Crippen LogP contribution < -0.4 is 0 Å². The van der Waals surface area contributed by atoms with Gasteiger partial charge >= 0.3 is 0 Å². The molecule has 3 atom stereocenters. The maximum atomic E-state index is 12.6. The highest BCUT2D eigenvalue weighted by atomic mass is 16.6. The number of aliphatic hydroxyl groups excluding tert-OH is 1. The molecular weight excluding hydrogens is 380 g/mol. The van der Waals surface area contributed by atoms with E-state index in [0.717, 1.165) is 27.8 Å². The molecule has 0 spiro atoms. The molecule has 0 aromatic heterocycles. The largest absolute Gasteiger partial charge is 0.396 e. The van der Waals surface area contributed by atoms with Crippen LogP contribution in [0.3, 0.4) is 0 Å². The second-order valence-electron chi connectivity index (χ2n) is 8.10. The monoisotopic (exact) mass is 412 g/mol. The van der Waals surface area contributed by atoms with E-state index in [1.165, 1.54) is 0 Å². The van der Waals surface area contributed by atoms with E-state index in [4.69, 9.17) is 4.84 Å².